The Morgan fingerprint density at radius 3 is 1.43 bits per heavy atom. The molecule has 0 N–H and O–H groups in total. The summed E-state index contributed by atoms with van der Waals surface area (Å²) in [4.78, 5) is 0. The van der Waals surface area contributed by atoms with Crippen molar-refractivity contribution in [3.8, 4) is 0 Å². The zero-order chi connectivity index (χ0) is 3.54. The molecular formula is C4H6Cl2O. The summed E-state index contributed by atoms with van der Waals surface area (Å²) in [6.45, 7) is 0. The Kier molecular flexibility index (Phi) is 8.35. The van der Waals surface area contributed by atoms with Crippen molar-refractivity contribution in [2.45, 2.75) is 0 Å². The lowest BCUT2D eigenvalue weighted by Gasteiger charge is -1.50. The summed E-state index contributed by atoms with van der Waals surface area (Å²) in [7, 11) is 0. The predicted molar refractivity (Wildman–Crippen MR) is 33.2 cm³/mol. The van der Waals surface area contributed by atoms with E-state index in [1.165, 1.54) is 0 Å². The van der Waals surface area contributed by atoms with E-state index in [9.17, 15) is 0 Å². The lowest BCUT2D eigenvalue weighted by atomic mass is 10.7. The van der Waals surface area contributed by atoms with Crippen molar-refractivity contribution in [3.05, 3.63) is 24.7 Å². The van der Waals surface area contributed by atoms with E-state index < -0.39 is 0 Å². The van der Waals surface area contributed by atoms with Crippen LogP contribution in [0.4, 0.5) is 0 Å². The van der Waals surface area contributed by atoms with Crippen LogP contribution in [0.15, 0.2) is 29.1 Å². The quantitative estimate of drug-likeness (QED) is 0.539. The van der Waals surface area contributed by atoms with Gasteiger partial charge in [-0.2, -0.15) is 0 Å². The molecule has 0 fully saturated rings. The Morgan fingerprint density at radius 1 is 0.857 bits per heavy atom. The molecule has 1 aromatic heterocycles. The number of furan rings is 1. The number of halogens is 2. The molecule has 3 heteroatoms. The van der Waals surface area contributed by atoms with Crippen LogP contribution in [0.5, 0.6) is 0 Å². The summed E-state index contributed by atoms with van der Waals surface area (Å²) in [6.07, 6.45) is 3.25. The third kappa shape index (κ3) is 3.70. The van der Waals surface area contributed by atoms with Gasteiger partial charge in [-0.15, -0.1) is 24.8 Å². The van der Waals surface area contributed by atoms with Crippen molar-refractivity contribution >= 4 is 24.8 Å². The van der Waals surface area contributed by atoms with Gasteiger partial charge in [-0.1, -0.05) is 0 Å². The van der Waals surface area contributed by atoms with Gasteiger partial charge in [0.1, 0.15) is 0 Å². The fourth-order valence-electron chi connectivity index (χ4n) is 0.227. The standard InChI is InChI=1S/C4H4O.2ClH/c1-2-4-5-3-1;;/h1-4H;2*1H. The molecule has 0 aliphatic carbocycles. The van der Waals surface area contributed by atoms with Gasteiger partial charge in [0, 0.05) is 0 Å². The van der Waals surface area contributed by atoms with Crippen LogP contribution < -0.4 is 0 Å². The fourth-order valence-corrected chi connectivity index (χ4v) is 0.227. The summed E-state index contributed by atoms with van der Waals surface area (Å²) < 4.78 is 4.58. The van der Waals surface area contributed by atoms with Crippen LogP contribution >= 0.6 is 24.8 Å². The molecule has 0 aromatic carbocycles. The molecule has 0 radical (unpaired) electrons. The van der Waals surface area contributed by atoms with Crippen LogP contribution in [-0.4, -0.2) is 0 Å². The van der Waals surface area contributed by atoms with Crippen LogP contribution in [0.25, 0.3) is 0 Å². The van der Waals surface area contributed by atoms with Crippen LogP contribution in [0, 0.1) is 0 Å². The molecule has 0 aliphatic rings. The van der Waals surface area contributed by atoms with Crippen molar-refractivity contribution in [3.63, 3.8) is 0 Å². The molecule has 0 aliphatic heterocycles. The second-order valence-electron chi connectivity index (χ2n) is 0.793. The molecule has 0 spiro atoms. The third-order valence-corrected chi connectivity index (χ3v) is 0.425. The van der Waals surface area contributed by atoms with Gasteiger partial charge in [0.15, 0.2) is 0 Å². The van der Waals surface area contributed by atoms with Crippen LogP contribution in [0.3, 0.4) is 0 Å². The Balaban J connectivity index is 0. The number of hydrogen-bond acceptors (Lipinski definition) is 1. The third-order valence-electron chi connectivity index (χ3n) is 0.425. The Labute approximate surface area is 54.5 Å². The maximum Gasteiger partial charge on any atom is 0.0902 e. The highest BCUT2D eigenvalue weighted by Gasteiger charge is 1.58. The molecule has 1 heterocycles. The Hall–Kier alpha value is -0.140. The summed E-state index contributed by atoms with van der Waals surface area (Å²) in [5.74, 6) is 0. The molecular weight excluding hydrogens is 135 g/mol. The van der Waals surface area contributed by atoms with E-state index >= 15 is 0 Å². The van der Waals surface area contributed by atoms with Gasteiger partial charge in [0.25, 0.3) is 0 Å². The first-order valence-corrected chi connectivity index (χ1v) is 1.47. The van der Waals surface area contributed by atoms with Gasteiger partial charge in [-0.25, -0.2) is 0 Å². The van der Waals surface area contributed by atoms with E-state index in [2.05, 4.69) is 4.42 Å². The highest BCUT2D eigenvalue weighted by Crippen LogP contribution is 1.79. The van der Waals surface area contributed by atoms with Crippen LogP contribution in [0.1, 0.15) is 0 Å². The molecule has 0 saturated heterocycles. The fraction of sp³-hybridized carbons (Fsp3) is 0. The second kappa shape index (κ2) is 5.86. The topological polar surface area (TPSA) is 13.1 Å². The van der Waals surface area contributed by atoms with Gasteiger partial charge in [0.05, 0.1) is 12.5 Å². The van der Waals surface area contributed by atoms with Crippen molar-refractivity contribution in [2.75, 3.05) is 0 Å². The maximum absolute atomic E-state index is 4.58. The van der Waals surface area contributed by atoms with Gasteiger partial charge in [0.2, 0.25) is 0 Å². The molecule has 0 amide bonds. The summed E-state index contributed by atoms with van der Waals surface area (Å²) in [5, 5.41) is 0. The van der Waals surface area contributed by atoms with Gasteiger partial charge < -0.3 is 4.42 Å². The predicted octanol–water partition coefficient (Wildman–Crippen LogP) is 2.12. The van der Waals surface area contributed by atoms with Crippen molar-refractivity contribution < 1.29 is 4.42 Å². The monoisotopic (exact) mass is 140 g/mol. The molecule has 1 nitrogen and oxygen atoms in total. The molecule has 1 rings (SSSR count). The van der Waals surface area contributed by atoms with Crippen molar-refractivity contribution in [1.29, 1.82) is 0 Å². The first-order chi connectivity index (χ1) is 2.50. The minimum atomic E-state index is 0. The Bertz CT molecular complexity index is 66.2. The van der Waals surface area contributed by atoms with E-state index in [-0.39, 0.29) is 24.8 Å². The summed E-state index contributed by atoms with van der Waals surface area (Å²) >= 11 is 0. The van der Waals surface area contributed by atoms with Crippen LogP contribution in [-0.2, 0) is 0 Å². The van der Waals surface area contributed by atoms with Gasteiger partial charge >= 0.3 is 0 Å². The van der Waals surface area contributed by atoms with Gasteiger partial charge in [-0.05, 0) is 12.1 Å². The summed E-state index contributed by atoms with van der Waals surface area (Å²) in [5.41, 5.74) is 0. The number of rotatable bonds is 0. The average Bonchev–Trinajstić information content (AvgIpc) is 1.76. The van der Waals surface area contributed by atoms with E-state index in [1.807, 2.05) is 12.1 Å². The lowest BCUT2D eigenvalue weighted by molar-refractivity contribution is 0.567. The van der Waals surface area contributed by atoms with E-state index in [1.54, 1.807) is 12.5 Å². The van der Waals surface area contributed by atoms with Crippen LogP contribution in [0.2, 0.25) is 0 Å². The van der Waals surface area contributed by atoms with Crippen molar-refractivity contribution in [2.24, 2.45) is 0 Å². The SMILES string of the molecule is Cl.Cl.c1ccoc1. The average molecular weight is 141 g/mol. The zero-order valence-corrected chi connectivity index (χ0v) is 5.17. The zero-order valence-electron chi connectivity index (χ0n) is 3.53. The first kappa shape index (κ1) is 9.97. The molecule has 7 heavy (non-hydrogen) atoms. The molecule has 0 atom stereocenters. The molecule has 0 bridgehead atoms. The first-order valence-electron chi connectivity index (χ1n) is 1.47. The van der Waals surface area contributed by atoms with Gasteiger partial charge in [-0.3, -0.25) is 0 Å². The van der Waals surface area contributed by atoms with E-state index in [0.717, 1.165) is 0 Å². The van der Waals surface area contributed by atoms with Crippen molar-refractivity contribution in [1.82, 2.24) is 0 Å². The minimum Gasteiger partial charge on any atom is -0.473 e. The largest absolute Gasteiger partial charge is 0.473 e. The molecule has 0 saturated carbocycles. The molecule has 1 aromatic rings. The molecule has 42 valence electrons. The molecule has 0 unspecified atom stereocenters. The Morgan fingerprint density at radius 2 is 1.29 bits per heavy atom. The van der Waals surface area contributed by atoms with E-state index in [0.29, 0.717) is 0 Å². The highest BCUT2D eigenvalue weighted by atomic mass is 35.5. The smallest absolute Gasteiger partial charge is 0.0902 e. The number of hydrogen-bond donors (Lipinski definition) is 0. The van der Waals surface area contributed by atoms with E-state index in [4.69, 9.17) is 0 Å². The summed E-state index contributed by atoms with van der Waals surface area (Å²) in [6, 6.07) is 3.67. The highest BCUT2D eigenvalue weighted by molar-refractivity contribution is 5.85. The lowest BCUT2D eigenvalue weighted by Crippen LogP contribution is -1.16. The second-order valence-corrected chi connectivity index (χ2v) is 0.793. The minimum absolute atomic E-state index is 0. The normalized spacial score (nSPS) is 5.71. The maximum atomic E-state index is 4.58.